The van der Waals surface area contributed by atoms with E-state index in [1.54, 1.807) is 0 Å². The minimum absolute atomic E-state index is 0.528. The van der Waals surface area contributed by atoms with E-state index in [2.05, 4.69) is 36.4 Å². The third-order valence-corrected chi connectivity index (χ3v) is 6.25. The molecule has 0 amide bonds. The van der Waals surface area contributed by atoms with E-state index >= 15 is 0 Å². The van der Waals surface area contributed by atoms with Crippen LogP contribution in [-0.4, -0.2) is 12.5 Å². The third kappa shape index (κ3) is 7.14. The van der Waals surface area contributed by atoms with Crippen LogP contribution in [0.4, 0.5) is 0 Å². The highest BCUT2D eigenvalue weighted by Gasteiger charge is 2.13. The van der Waals surface area contributed by atoms with Crippen LogP contribution in [0.3, 0.4) is 0 Å². The summed E-state index contributed by atoms with van der Waals surface area (Å²) in [4.78, 5) is 0. The zero-order valence-electron chi connectivity index (χ0n) is 19.5. The summed E-state index contributed by atoms with van der Waals surface area (Å²) >= 11 is 12.7. The minimum Gasteiger partial charge on any atom is -0.494 e. The normalized spacial score (nSPS) is 11.6. The first-order valence-corrected chi connectivity index (χ1v) is 12.7. The highest BCUT2D eigenvalue weighted by molar-refractivity contribution is 6.53. The molecule has 0 radical (unpaired) electrons. The Morgan fingerprint density at radius 3 is 1.69 bits per heavy atom. The molecule has 0 spiro atoms. The summed E-state index contributed by atoms with van der Waals surface area (Å²) in [7, 11) is 0. The van der Waals surface area contributed by atoms with E-state index in [0.29, 0.717) is 24.1 Å². The van der Waals surface area contributed by atoms with Crippen LogP contribution in [0.5, 0.6) is 11.5 Å². The van der Waals surface area contributed by atoms with Crippen LogP contribution in [0.25, 0.3) is 10.6 Å². The van der Waals surface area contributed by atoms with Gasteiger partial charge in [0.05, 0.1) is 11.6 Å². The van der Waals surface area contributed by atoms with Gasteiger partial charge in [-0.3, -0.25) is 0 Å². The Hall–Kier alpha value is -3.20. The fourth-order valence-corrected chi connectivity index (χ4v) is 4.25. The zero-order valence-corrected chi connectivity index (χ0v) is 21.0. The number of halogens is 2. The fourth-order valence-electron chi connectivity index (χ4n) is 3.71. The Morgan fingerprint density at radius 1 is 0.571 bits per heavy atom. The van der Waals surface area contributed by atoms with Crippen molar-refractivity contribution in [3.05, 3.63) is 131 Å². The summed E-state index contributed by atoms with van der Waals surface area (Å²) < 4.78 is 11.8. The van der Waals surface area contributed by atoms with Crippen molar-refractivity contribution in [2.75, 3.05) is 12.5 Å². The van der Waals surface area contributed by atoms with Gasteiger partial charge in [0, 0.05) is 11.5 Å². The number of unbranched alkanes of at least 4 members (excludes halogenated alkanes) is 1. The summed E-state index contributed by atoms with van der Waals surface area (Å²) in [5, 5.41) is 0.694. The summed E-state index contributed by atoms with van der Waals surface area (Å²) in [5.41, 5.74) is 5.09. The molecule has 4 rings (SSSR count). The van der Waals surface area contributed by atoms with Gasteiger partial charge in [-0.15, -0.1) is 11.6 Å². The van der Waals surface area contributed by atoms with Crippen molar-refractivity contribution in [1.82, 2.24) is 0 Å². The van der Waals surface area contributed by atoms with Gasteiger partial charge in [0.15, 0.2) is 0 Å². The van der Waals surface area contributed by atoms with Gasteiger partial charge >= 0.3 is 0 Å². The van der Waals surface area contributed by atoms with Gasteiger partial charge in [0.1, 0.15) is 18.1 Å². The molecular formula is C31H28Cl2O2. The molecule has 0 saturated heterocycles. The van der Waals surface area contributed by atoms with Gasteiger partial charge in [-0.05, 0) is 59.4 Å². The molecule has 4 aromatic rings. The lowest BCUT2D eigenvalue weighted by Gasteiger charge is -2.14. The Morgan fingerprint density at radius 2 is 1.11 bits per heavy atom. The monoisotopic (exact) mass is 502 g/mol. The first kappa shape index (κ1) is 24.9. The summed E-state index contributed by atoms with van der Waals surface area (Å²) in [6.07, 6.45) is 1.89. The molecule has 0 bridgehead atoms. The molecule has 0 atom stereocenters. The van der Waals surface area contributed by atoms with Gasteiger partial charge in [-0.1, -0.05) is 96.5 Å². The number of ether oxygens (including phenoxy) is 2. The summed E-state index contributed by atoms with van der Waals surface area (Å²) in [6, 6.07) is 36.3. The molecule has 0 aromatic heterocycles. The Balaban J connectivity index is 1.58. The largest absolute Gasteiger partial charge is 0.494 e. The number of rotatable bonds is 11. The van der Waals surface area contributed by atoms with E-state index in [9.17, 15) is 0 Å². The van der Waals surface area contributed by atoms with Crippen LogP contribution in [0, 0.1) is 0 Å². The maximum Gasteiger partial charge on any atom is 0.119 e. The van der Waals surface area contributed by atoms with E-state index in [0.717, 1.165) is 52.2 Å². The quantitative estimate of drug-likeness (QED) is 0.116. The molecule has 0 aliphatic heterocycles. The molecule has 4 heteroatoms. The lowest BCUT2D eigenvalue weighted by Crippen LogP contribution is -1.98. The first-order chi connectivity index (χ1) is 17.2. The molecule has 35 heavy (non-hydrogen) atoms. The SMILES string of the molecule is ClCCCCOc1ccc(C(=C(Cl)c2ccccc2)c2ccc(OCc3ccccc3)cc2)cc1. The molecule has 0 heterocycles. The average Bonchev–Trinajstić information content (AvgIpc) is 2.92. The Kier molecular flexibility index (Phi) is 9.28. The van der Waals surface area contributed by atoms with Crippen molar-refractivity contribution < 1.29 is 9.47 Å². The molecule has 0 fully saturated rings. The van der Waals surface area contributed by atoms with Crippen molar-refractivity contribution in [3.63, 3.8) is 0 Å². The van der Waals surface area contributed by atoms with Crippen LogP contribution in [0.2, 0.25) is 0 Å². The standard InChI is InChI=1S/C31H28Cl2O2/c32-21-7-8-22-34-28-17-13-25(14-18-28)30(31(33)27-11-5-2-6-12-27)26-15-19-29(20-16-26)35-23-24-9-3-1-4-10-24/h1-6,9-20H,7-8,21-23H2. The maximum atomic E-state index is 6.99. The highest BCUT2D eigenvalue weighted by atomic mass is 35.5. The molecule has 0 aliphatic carbocycles. The molecule has 0 saturated carbocycles. The van der Waals surface area contributed by atoms with Gasteiger partial charge < -0.3 is 9.47 Å². The van der Waals surface area contributed by atoms with Gasteiger partial charge in [0.25, 0.3) is 0 Å². The Labute approximate surface area is 217 Å². The third-order valence-electron chi connectivity index (χ3n) is 5.58. The highest BCUT2D eigenvalue weighted by Crippen LogP contribution is 2.36. The van der Waals surface area contributed by atoms with Gasteiger partial charge in [0.2, 0.25) is 0 Å². The molecular weight excluding hydrogens is 475 g/mol. The van der Waals surface area contributed by atoms with E-state index in [1.807, 2.05) is 72.8 Å². The number of hydrogen-bond donors (Lipinski definition) is 0. The van der Waals surface area contributed by atoms with Crippen molar-refractivity contribution in [2.45, 2.75) is 19.4 Å². The summed E-state index contributed by atoms with van der Waals surface area (Å²) in [5.74, 6) is 2.31. The number of benzene rings is 4. The topological polar surface area (TPSA) is 18.5 Å². The van der Waals surface area contributed by atoms with Crippen LogP contribution < -0.4 is 9.47 Å². The van der Waals surface area contributed by atoms with E-state index in [-0.39, 0.29) is 0 Å². The van der Waals surface area contributed by atoms with E-state index < -0.39 is 0 Å². The second-order valence-corrected chi connectivity index (χ2v) is 8.88. The van der Waals surface area contributed by atoms with Crippen molar-refractivity contribution >= 4 is 33.8 Å². The van der Waals surface area contributed by atoms with Crippen molar-refractivity contribution in [2.24, 2.45) is 0 Å². The predicted octanol–water partition coefficient (Wildman–Crippen LogP) is 8.82. The molecule has 178 valence electrons. The molecule has 0 unspecified atom stereocenters. The average molecular weight is 503 g/mol. The summed E-state index contributed by atoms with van der Waals surface area (Å²) in [6.45, 7) is 1.18. The van der Waals surface area contributed by atoms with Crippen LogP contribution in [0.1, 0.15) is 35.1 Å². The maximum absolute atomic E-state index is 6.99. The lowest BCUT2D eigenvalue weighted by molar-refractivity contribution is 0.306. The lowest BCUT2D eigenvalue weighted by atomic mass is 9.95. The van der Waals surface area contributed by atoms with Gasteiger partial charge in [-0.2, -0.15) is 0 Å². The smallest absolute Gasteiger partial charge is 0.119 e. The molecule has 0 N–H and O–H groups in total. The second kappa shape index (κ2) is 13.0. The van der Waals surface area contributed by atoms with Gasteiger partial charge in [-0.25, -0.2) is 0 Å². The first-order valence-electron chi connectivity index (χ1n) is 11.8. The van der Waals surface area contributed by atoms with Crippen molar-refractivity contribution in [1.29, 1.82) is 0 Å². The number of hydrogen-bond acceptors (Lipinski definition) is 2. The predicted molar refractivity (Wildman–Crippen MR) is 147 cm³/mol. The van der Waals surface area contributed by atoms with Crippen LogP contribution >= 0.6 is 23.2 Å². The van der Waals surface area contributed by atoms with E-state index in [4.69, 9.17) is 32.7 Å². The number of alkyl halides is 1. The Bertz CT molecular complexity index is 1200. The van der Waals surface area contributed by atoms with E-state index in [1.165, 1.54) is 0 Å². The fraction of sp³-hybridized carbons (Fsp3) is 0.161. The van der Waals surface area contributed by atoms with Crippen LogP contribution in [-0.2, 0) is 6.61 Å². The molecule has 0 aliphatic rings. The molecule has 4 aromatic carbocycles. The second-order valence-electron chi connectivity index (χ2n) is 8.12. The zero-order chi connectivity index (χ0) is 24.3. The van der Waals surface area contributed by atoms with Crippen molar-refractivity contribution in [3.8, 4) is 11.5 Å². The minimum atomic E-state index is 0.528. The molecule has 2 nitrogen and oxygen atoms in total. The van der Waals surface area contributed by atoms with Crippen LogP contribution in [0.15, 0.2) is 109 Å².